The first-order valence-corrected chi connectivity index (χ1v) is 17.1. The first-order valence-electron chi connectivity index (χ1n) is 14.9. The molecule has 0 bridgehead atoms. The number of H-pyrrole nitrogens is 1. The molecule has 0 spiro atoms. The van der Waals surface area contributed by atoms with Crippen molar-refractivity contribution < 1.29 is 4.74 Å². The number of aromatic nitrogens is 4. The molecular weight excluding hydrogens is 583 g/mol. The number of benzene rings is 2. The number of rotatable bonds is 10. The number of hydrogen-bond donors (Lipinski definition) is 5. The molecule has 1 aliphatic rings. The number of allylic oxidation sites excluding steroid dienone is 1. The summed E-state index contributed by atoms with van der Waals surface area (Å²) >= 11 is 0. The fraction of sp³-hybridized carbons (Fsp3) is 0.273. The molecule has 6 rings (SSSR count). The van der Waals surface area contributed by atoms with E-state index >= 15 is 0 Å². The van der Waals surface area contributed by atoms with Gasteiger partial charge in [0.1, 0.15) is 17.2 Å². The average Bonchev–Trinajstić information content (AvgIpc) is 3.53. The van der Waals surface area contributed by atoms with Crippen molar-refractivity contribution >= 4 is 75.8 Å². The number of aromatic amines is 1. The Kier molecular flexibility index (Phi) is 8.82. The lowest BCUT2D eigenvalue weighted by Crippen LogP contribution is -2.44. The molecule has 45 heavy (non-hydrogen) atoms. The molecular formula is C33H39N10OP. The van der Waals surface area contributed by atoms with Crippen molar-refractivity contribution in [2.75, 3.05) is 76.2 Å². The lowest BCUT2D eigenvalue weighted by Gasteiger charge is -2.35. The van der Waals surface area contributed by atoms with Crippen LogP contribution in [0.1, 0.15) is 5.56 Å². The van der Waals surface area contributed by atoms with Crippen molar-refractivity contribution in [2.45, 2.75) is 0 Å². The van der Waals surface area contributed by atoms with Gasteiger partial charge in [-0.05, 0) is 50.7 Å². The number of nitrogens with one attached hydrogen (secondary N) is 5. The largest absolute Gasteiger partial charge is 0.494 e. The van der Waals surface area contributed by atoms with E-state index in [0.717, 1.165) is 65.0 Å². The number of pyridine rings is 1. The Morgan fingerprint density at radius 1 is 1.02 bits per heavy atom. The molecule has 11 nitrogen and oxygen atoms in total. The number of methoxy groups -OCH3 is 1. The summed E-state index contributed by atoms with van der Waals surface area (Å²) in [5, 5.41) is 21.6. The molecule has 0 aliphatic carbocycles. The van der Waals surface area contributed by atoms with E-state index in [0.29, 0.717) is 28.9 Å². The zero-order chi connectivity index (χ0) is 31.5. The Bertz CT molecular complexity index is 1880. The molecule has 1 fully saturated rings. The minimum Gasteiger partial charge on any atom is -0.494 e. The quantitative estimate of drug-likeness (QED) is 0.104. The number of anilines is 5. The van der Waals surface area contributed by atoms with Crippen LogP contribution in [0.3, 0.4) is 0 Å². The van der Waals surface area contributed by atoms with Crippen LogP contribution in [0.4, 0.5) is 28.8 Å². The van der Waals surface area contributed by atoms with Gasteiger partial charge in [0.05, 0.1) is 23.7 Å². The number of hydrogen-bond acceptors (Lipinski definition) is 10. The van der Waals surface area contributed by atoms with E-state index in [1.54, 1.807) is 7.11 Å². The molecule has 232 valence electrons. The minimum absolute atomic E-state index is 0.414. The van der Waals surface area contributed by atoms with Crippen LogP contribution in [0.15, 0.2) is 61.1 Å². The summed E-state index contributed by atoms with van der Waals surface area (Å²) in [4.78, 5) is 22.3. The van der Waals surface area contributed by atoms with E-state index in [9.17, 15) is 0 Å². The molecule has 0 unspecified atom stereocenters. The van der Waals surface area contributed by atoms with E-state index in [4.69, 9.17) is 20.1 Å². The predicted octanol–water partition coefficient (Wildman–Crippen LogP) is 5.33. The smallest absolute Gasteiger partial charge is 0.231 e. The van der Waals surface area contributed by atoms with Gasteiger partial charge in [-0.25, -0.2) is 0 Å². The summed E-state index contributed by atoms with van der Waals surface area (Å²) < 4.78 is 5.91. The number of nitrogens with zero attached hydrogens (tertiary/aromatic N) is 5. The standard InChI is InChI=1S/C33H39N10OP/c1-35-20-21(19-34)24-17-27(29(44-3)18-28(24)43-15-13-42(2)14-16-43)39-33-40-31-23(10-12-37-31)32(41-33)38-26-9-8-25-22(7-6-11-36-25)30(26)45(4)5/h6-12,17-20,34-35H,13-16H2,1-5H3,(H3,37,38,39,40,41)/b21-20+,34-19?. The third-order valence-corrected chi connectivity index (χ3v) is 9.42. The normalized spacial score (nSPS) is 14.3. The van der Waals surface area contributed by atoms with Gasteiger partial charge in [0.2, 0.25) is 5.95 Å². The molecule has 5 aromatic rings. The van der Waals surface area contributed by atoms with Crippen molar-refractivity contribution in [1.29, 1.82) is 5.41 Å². The van der Waals surface area contributed by atoms with Crippen LogP contribution in [-0.2, 0) is 0 Å². The van der Waals surface area contributed by atoms with Crippen LogP contribution < -0.4 is 30.9 Å². The highest BCUT2D eigenvalue weighted by Crippen LogP contribution is 2.39. The predicted molar refractivity (Wildman–Crippen MR) is 189 cm³/mol. The topological polar surface area (TPSA) is 130 Å². The van der Waals surface area contributed by atoms with E-state index < -0.39 is 7.92 Å². The van der Waals surface area contributed by atoms with Crippen LogP contribution in [0, 0.1) is 5.41 Å². The Labute approximate surface area is 264 Å². The highest BCUT2D eigenvalue weighted by molar-refractivity contribution is 7.65. The van der Waals surface area contributed by atoms with Gasteiger partial charge in [-0.3, -0.25) is 4.98 Å². The molecule has 0 radical (unpaired) electrons. The summed E-state index contributed by atoms with van der Waals surface area (Å²) in [5.74, 6) is 1.77. The molecule has 0 amide bonds. The maximum absolute atomic E-state index is 8.19. The second-order valence-electron chi connectivity index (χ2n) is 11.2. The van der Waals surface area contributed by atoms with Crippen LogP contribution in [0.25, 0.3) is 27.5 Å². The van der Waals surface area contributed by atoms with Crippen LogP contribution in [-0.4, -0.2) is 91.8 Å². The van der Waals surface area contributed by atoms with Gasteiger partial charge in [0.15, 0.2) is 0 Å². The molecule has 3 aromatic heterocycles. The number of piperazine rings is 1. The van der Waals surface area contributed by atoms with Crippen LogP contribution in [0.2, 0.25) is 0 Å². The number of fused-ring (bicyclic) bond motifs is 2. The Balaban J connectivity index is 1.42. The van der Waals surface area contributed by atoms with Crippen molar-refractivity contribution in [3.63, 3.8) is 0 Å². The maximum Gasteiger partial charge on any atom is 0.231 e. The van der Waals surface area contributed by atoms with Gasteiger partial charge in [0.25, 0.3) is 0 Å². The fourth-order valence-corrected chi connectivity index (χ4v) is 7.07. The summed E-state index contributed by atoms with van der Waals surface area (Å²) in [6, 6.07) is 14.3. The summed E-state index contributed by atoms with van der Waals surface area (Å²) in [6.45, 7) is 8.20. The number of ether oxygens (including phenoxy) is 1. The van der Waals surface area contributed by atoms with Gasteiger partial charge >= 0.3 is 0 Å². The molecule has 0 saturated carbocycles. The van der Waals surface area contributed by atoms with Gasteiger partial charge in [-0.2, -0.15) is 9.97 Å². The van der Waals surface area contributed by atoms with Crippen molar-refractivity contribution in [1.82, 2.24) is 30.2 Å². The second-order valence-corrected chi connectivity index (χ2v) is 13.4. The molecule has 2 aromatic carbocycles. The molecule has 1 saturated heterocycles. The zero-order valence-electron chi connectivity index (χ0n) is 26.3. The maximum atomic E-state index is 8.19. The monoisotopic (exact) mass is 622 g/mol. The minimum atomic E-state index is -0.446. The third-order valence-electron chi connectivity index (χ3n) is 8.05. The van der Waals surface area contributed by atoms with E-state index in [2.05, 4.69) is 68.2 Å². The lowest BCUT2D eigenvalue weighted by atomic mass is 10.0. The summed E-state index contributed by atoms with van der Waals surface area (Å²) in [5.41, 5.74) is 6.09. The summed E-state index contributed by atoms with van der Waals surface area (Å²) in [6.07, 6.45) is 6.91. The van der Waals surface area contributed by atoms with Gasteiger partial charge in [0, 0.05) is 97.3 Å². The van der Waals surface area contributed by atoms with Gasteiger partial charge in [-0.15, -0.1) is 0 Å². The SMILES string of the molecule is CN/C=C(\C=N)c1cc(Nc2nc(Nc3ccc4ncccc4c3P(C)C)c3cc[nH]c3n2)c(OC)cc1N1CCN(C)CC1. The van der Waals surface area contributed by atoms with E-state index in [1.165, 1.54) is 11.5 Å². The fourth-order valence-electron chi connectivity index (χ4n) is 5.79. The second kappa shape index (κ2) is 13.1. The Morgan fingerprint density at radius 2 is 1.84 bits per heavy atom. The Hall–Kier alpha value is -4.73. The molecule has 12 heteroatoms. The highest BCUT2D eigenvalue weighted by atomic mass is 31.1. The first-order chi connectivity index (χ1) is 21.9. The molecule has 4 heterocycles. The van der Waals surface area contributed by atoms with Crippen molar-refractivity contribution in [2.24, 2.45) is 0 Å². The van der Waals surface area contributed by atoms with Crippen molar-refractivity contribution in [3.8, 4) is 5.75 Å². The number of likely N-dealkylation sites (N-methyl/N-ethyl adjacent to an activating group) is 1. The van der Waals surface area contributed by atoms with Gasteiger partial charge in [-0.1, -0.05) is 14.0 Å². The van der Waals surface area contributed by atoms with Crippen LogP contribution >= 0.6 is 7.92 Å². The third kappa shape index (κ3) is 6.14. The first kappa shape index (κ1) is 30.3. The van der Waals surface area contributed by atoms with Crippen LogP contribution in [0.5, 0.6) is 5.75 Å². The van der Waals surface area contributed by atoms with Crippen molar-refractivity contribution in [3.05, 3.63) is 66.6 Å². The average molecular weight is 623 g/mol. The highest BCUT2D eigenvalue weighted by Gasteiger charge is 2.22. The Morgan fingerprint density at radius 3 is 2.58 bits per heavy atom. The molecule has 0 atom stereocenters. The molecule has 5 N–H and O–H groups in total. The van der Waals surface area contributed by atoms with E-state index in [1.807, 2.05) is 56.0 Å². The molecule has 1 aliphatic heterocycles. The summed E-state index contributed by atoms with van der Waals surface area (Å²) in [7, 11) is 5.20. The van der Waals surface area contributed by atoms with Gasteiger partial charge < -0.3 is 40.9 Å². The van der Waals surface area contributed by atoms with E-state index in [-0.39, 0.29) is 0 Å². The zero-order valence-corrected chi connectivity index (χ0v) is 27.2. The lowest BCUT2D eigenvalue weighted by molar-refractivity contribution is 0.312.